The van der Waals surface area contributed by atoms with Crippen molar-refractivity contribution in [1.29, 1.82) is 0 Å². The number of anilines is 1. The molecule has 1 saturated carbocycles. The summed E-state index contributed by atoms with van der Waals surface area (Å²) in [6.45, 7) is 3.76. The number of hydrogen-bond donors (Lipinski definition) is 2. The molecular weight excluding hydrogens is 526 g/mol. The quantitative estimate of drug-likeness (QED) is 0.505. The summed E-state index contributed by atoms with van der Waals surface area (Å²) in [5, 5.41) is 14.6. The number of nitrogens with one attached hydrogen (secondary N) is 1. The lowest BCUT2D eigenvalue weighted by molar-refractivity contribution is -0.120. The number of fused-ring (bicyclic) bond motifs is 1. The number of nitrogens with zero attached hydrogens (tertiary/aromatic N) is 2. The minimum atomic E-state index is -3.72. The summed E-state index contributed by atoms with van der Waals surface area (Å²) >= 11 is 1.15. The average molecular weight is 564 g/mol. The maximum absolute atomic E-state index is 13.6. The van der Waals surface area contributed by atoms with Gasteiger partial charge in [-0.1, -0.05) is 38.3 Å². The molecule has 4 rings (SSSR count). The van der Waals surface area contributed by atoms with Crippen LogP contribution in [0, 0.1) is 11.8 Å². The maximum atomic E-state index is 13.6. The van der Waals surface area contributed by atoms with E-state index in [1.807, 2.05) is 6.92 Å². The Bertz CT molecular complexity index is 1230. The first kappa shape index (κ1) is 28.5. The van der Waals surface area contributed by atoms with Crippen LogP contribution in [0.25, 0.3) is 0 Å². The number of sulfonamides is 1. The fraction of sp³-hybridized carbons (Fsp3) is 0.556. The smallest absolute Gasteiger partial charge is 0.258 e. The van der Waals surface area contributed by atoms with Crippen LogP contribution in [0.5, 0.6) is 5.75 Å². The van der Waals surface area contributed by atoms with Crippen molar-refractivity contribution in [2.24, 2.45) is 11.8 Å². The van der Waals surface area contributed by atoms with Gasteiger partial charge in [0, 0.05) is 25.4 Å². The average Bonchev–Trinajstić information content (AvgIpc) is 3.47. The normalized spacial score (nSPS) is 21.8. The van der Waals surface area contributed by atoms with E-state index in [1.165, 1.54) is 11.4 Å². The van der Waals surface area contributed by atoms with Crippen LogP contribution in [0.2, 0.25) is 0 Å². The Morgan fingerprint density at radius 3 is 2.63 bits per heavy atom. The van der Waals surface area contributed by atoms with E-state index >= 15 is 0 Å². The number of likely N-dealkylation sites (N-methyl/N-ethyl adjacent to an activating group) is 1. The minimum Gasteiger partial charge on any atom is -0.486 e. The van der Waals surface area contributed by atoms with Crippen LogP contribution in [0.1, 0.15) is 56.3 Å². The number of aliphatic hydroxyl groups excluding tert-OH is 1. The molecular formula is C27H37N3O6S2. The number of ether oxygens (including phenoxy) is 1. The molecule has 1 aliphatic heterocycles. The zero-order valence-corrected chi connectivity index (χ0v) is 23.8. The molecule has 0 bridgehead atoms. The van der Waals surface area contributed by atoms with Crippen molar-refractivity contribution in [3.63, 3.8) is 0 Å². The molecule has 2 N–H and O–H groups in total. The highest BCUT2D eigenvalue weighted by molar-refractivity contribution is 7.91. The summed E-state index contributed by atoms with van der Waals surface area (Å²) in [5.74, 6) is -0.537. The molecule has 2 aromatic rings. The van der Waals surface area contributed by atoms with Crippen molar-refractivity contribution in [3.05, 3.63) is 41.3 Å². The van der Waals surface area contributed by atoms with Crippen molar-refractivity contribution in [2.45, 2.75) is 62.3 Å². The Kier molecular flexibility index (Phi) is 9.12. The van der Waals surface area contributed by atoms with Crippen LogP contribution in [0.4, 0.5) is 5.69 Å². The van der Waals surface area contributed by atoms with Gasteiger partial charge >= 0.3 is 0 Å². The van der Waals surface area contributed by atoms with Gasteiger partial charge < -0.3 is 20.1 Å². The number of aliphatic hydroxyl groups is 1. The van der Waals surface area contributed by atoms with Gasteiger partial charge in [0.2, 0.25) is 5.91 Å². The standard InChI is InChI=1S/C27H37N3O6S2/c1-18-15-30(19(2)17-31)27(33)21-11-7-12-22(28-26(32)20-9-5-4-6-10-20)25(21)36-23(18)16-29(3)38(34,35)24-13-8-14-37-24/h7-8,11-14,18-20,23,31H,4-6,9-10,15-17H2,1-3H3,(H,28,32)/t18-,19-,23-/m0/s1. The van der Waals surface area contributed by atoms with Gasteiger partial charge in [-0.2, -0.15) is 4.31 Å². The highest BCUT2D eigenvalue weighted by Gasteiger charge is 2.36. The van der Waals surface area contributed by atoms with Crippen molar-refractivity contribution >= 4 is 38.9 Å². The molecule has 2 aliphatic rings. The fourth-order valence-corrected chi connectivity index (χ4v) is 7.46. The van der Waals surface area contributed by atoms with E-state index in [-0.39, 0.29) is 58.9 Å². The molecule has 1 aliphatic carbocycles. The number of carbonyl (C=O) groups excluding carboxylic acids is 2. The van der Waals surface area contributed by atoms with E-state index < -0.39 is 22.2 Å². The first-order valence-electron chi connectivity index (χ1n) is 13.2. The van der Waals surface area contributed by atoms with Crippen molar-refractivity contribution in [1.82, 2.24) is 9.21 Å². The van der Waals surface area contributed by atoms with Crippen LogP contribution >= 0.6 is 11.3 Å². The topological polar surface area (TPSA) is 116 Å². The van der Waals surface area contributed by atoms with Crippen LogP contribution in [-0.4, -0.2) is 73.4 Å². The monoisotopic (exact) mass is 563 g/mol. The van der Waals surface area contributed by atoms with Crippen LogP contribution < -0.4 is 10.1 Å². The molecule has 3 atom stereocenters. The van der Waals surface area contributed by atoms with E-state index in [4.69, 9.17) is 4.74 Å². The highest BCUT2D eigenvalue weighted by atomic mass is 32.2. The molecule has 1 aromatic carbocycles. The number of carbonyl (C=O) groups is 2. The van der Waals surface area contributed by atoms with E-state index in [0.717, 1.165) is 43.4 Å². The zero-order valence-electron chi connectivity index (χ0n) is 22.1. The Morgan fingerprint density at radius 1 is 1.24 bits per heavy atom. The Morgan fingerprint density at radius 2 is 1.97 bits per heavy atom. The highest BCUT2D eigenvalue weighted by Crippen LogP contribution is 2.36. The summed E-state index contributed by atoms with van der Waals surface area (Å²) in [6, 6.07) is 7.86. The molecule has 0 spiro atoms. The van der Waals surface area contributed by atoms with Gasteiger partial charge in [0.15, 0.2) is 5.75 Å². The number of benzene rings is 1. The summed E-state index contributed by atoms with van der Waals surface area (Å²) in [5.41, 5.74) is 0.665. The van der Waals surface area contributed by atoms with Gasteiger partial charge in [-0.05, 0) is 43.3 Å². The van der Waals surface area contributed by atoms with Crippen molar-refractivity contribution in [3.8, 4) is 5.75 Å². The lowest BCUT2D eigenvalue weighted by Gasteiger charge is -2.38. The molecule has 0 saturated heterocycles. The second-order valence-corrected chi connectivity index (χ2v) is 13.6. The molecule has 208 valence electrons. The molecule has 0 unspecified atom stereocenters. The van der Waals surface area contributed by atoms with Gasteiger partial charge in [0.05, 0.1) is 30.4 Å². The lowest BCUT2D eigenvalue weighted by Crippen LogP contribution is -2.50. The fourth-order valence-electron chi connectivity index (χ4n) is 5.07. The number of rotatable bonds is 8. The Labute approximate surface area is 228 Å². The largest absolute Gasteiger partial charge is 0.486 e. The number of amides is 2. The Hall–Kier alpha value is -2.47. The van der Waals surface area contributed by atoms with Crippen molar-refractivity contribution < 1.29 is 27.9 Å². The predicted octanol–water partition coefficient (Wildman–Crippen LogP) is 3.81. The molecule has 1 fully saturated rings. The molecule has 2 amide bonds. The van der Waals surface area contributed by atoms with Gasteiger partial charge in [0.25, 0.3) is 15.9 Å². The SMILES string of the molecule is C[C@H]1CN([C@@H](C)CO)C(=O)c2cccc(NC(=O)C3CCCCC3)c2O[C@H]1CN(C)S(=O)(=O)c1cccs1. The minimum absolute atomic E-state index is 0.0429. The second kappa shape index (κ2) is 12.1. The Balaban J connectivity index is 1.69. The van der Waals surface area contributed by atoms with Crippen LogP contribution in [-0.2, 0) is 14.8 Å². The van der Waals surface area contributed by atoms with Crippen molar-refractivity contribution in [2.75, 3.05) is 32.1 Å². The number of hydrogen-bond acceptors (Lipinski definition) is 7. The van der Waals surface area contributed by atoms with Crippen LogP contribution in [0.15, 0.2) is 39.9 Å². The molecule has 38 heavy (non-hydrogen) atoms. The van der Waals surface area contributed by atoms with E-state index in [1.54, 1.807) is 47.5 Å². The maximum Gasteiger partial charge on any atom is 0.258 e. The summed E-state index contributed by atoms with van der Waals surface area (Å²) in [4.78, 5) is 28.3. The van der Waals surface area contributed by atoms with Gasteiger partial charge in [-0.15, -0.1) is 11.3 Å². The number of thiophene rings is 1. The third-order valence-corrected chi connectivity index (χ3v) is 10.7. The van der Waals surface area contributed by atoms with Gasteiger partial charge in [-0.3, -0.25) is 9.59 Å². The third-order valence-electron chi connectivity index (χ3n) is 7.52. The summed E-state index contributed by atoms with van der Waals surface area (Å²) in [6.07, 6.45) is 4.18. The third kappa shape index (κ3) is 6.06. The lowest BCUT2D eigenvalue weighted by atomic mass is 9.88. The first-order valence-corrected chi connectivity index (χ1v) is 15.5. The predicted molar refractivity (Wildman–Crippen MR) is 147 cm³/mol. The summed E-state index contributed by atoms with van der Waals surface area (Å²) in [7, 11) is -2.21. The van der Waals surface area contributed by atoms with E-state index in [0.29, 0.717) is 5.69 Å². The summed E-state index contributed by atoms with van der Waals surface area (Å²) < 4.78 is 34.3. The zero-order chi connectivity index (χ0) is 27.4. The van der Waals surface area contributed by atoms with Gasteiger partial charge in [0.1, 0.15) is 10.3 Å². The second-order valence-electron chi connectivity index (χ2n) is 10.3. The van der Waals surface area contributed by atoms with Gasteiger partial charge in [-0.25, -0.2) is 8.42 Å². The molecule has 0 radical (unpaired) electrons. The number of para-hydroxylation sites is 1. The van der Waals surface area contributed by atoms with E-state index in [2.05, 4.69) is 5.32 Å². The molecule has 11 heteroatoms. The van der Waals surface area contributed by atoms with E-state index in [9.17, 15) is 23.1 Å². The first-order chi connectivity index (χ1) is 18.1. The van der Waals surface area contributed by atoms with Crippen LogP contribution in [0.3, 0.4) is 0 Å². The molecule has 1 aromatic heterocycles. The molecule has 9 nitrogen and oxygen atoms in total. The molecule has 2 heterocycles.